The number of rotatable bonds is 8. The average Bonchev–Trinajstić information content (AvgIpc) is 3.20. The van der Waals surface area contributed by atoms with Crippen LogP contribution in [0.1, 0.15) is 25.3 Å². The Morgan fingerprint density at radius 1 is 1.35 bits per heavy atom. The van der Waals surface area contributed by atoms with E-state index in [-0.39, 0.29) is 6.79 Å². The van der Waals surface area contributed by atoms with Gasteiger partial charge in [-0.15, -0.1) is 11.8 Å². The minimum Gasteiger partial charge on any atom is -0.480 e. The van der Waals surface area contributed by atoms with Crippen LogP contribution in [-0.2, 0) is 16.0 Å². The van der Waals surface area contributed by atoms with Gasteiger partial charge in [-0.25, -0.2) is 4.98 Å². The second-order valence-corrected chi connectivity index (χ2v) is 7.87. The van der Waals surface area contributed by atoms with E-state index >= 15 is 0 Å². The Morgan fingerprint density at radius 2 is 2.12 bits per heavy atom. The summed E-state index contributed by atoms with van der Waals surface area (Å²) in [5, 5.41) is 9.07. The quantitative estimate of drug-likeness (QED) is 0.550. The van der Waals surface area contributed by atoms with Crippen LogP contribution in [-0.4, -0.2) is 40.1 Å². The molecule has 0 spiro atoms. The standard InChI is InChI=1S/C18H21NO6S/c1-11-13(6-7-22-10-26-18(2,3)17(20)21)19-16(25-11)12-4-5-14-15(8-12)24-9-23-14/h4-5,8H,6-7,9-10H2,1-3H3,(H,20,21). The number of oxazole rings is 1. The van der Waals surface area contributed by atoms with Crippen molar-refractivity contribution in [1.29, 1.82) is 0 Å². The minimum absolute atomic E-state index is 0.225. The third-order valence-corrected chi connectivity index (χ3v) is 5.19. The number of thioether (sulfide) groups is 1. The molecule has 0 saturated heterocycles. The Kier molecular flexibility index (Phi) is 5.43. The number of aryl methyl sites for hydroxylation is 1. The van der Waals surface area contributed by atoms with Crippen LogP contribution in [0.5, 0.6) is 11.5 Å². The van der Waals surface area contributed by atoms with Gasteiger partial charge in [0.15, 0.2) is 11.5 Å². The molecule has 140 valence electrons. The number of carbonyl (C=O) groups is 1. The second-order valence-electron chi connectivity index (χ2n) is 6.33. The highest BCUT2D eigenvalue weighted by atomic mass is 32.2. The maximum Gasteiger partial charge on any atom is 0.319 e. The lowest BCUT2D eigenvalue weighted by molar-refractivity contribution is -0.138. The normalized spacial score (nSPS) is 13.2. The molecule has 26 heavy (non-hydrogen) atoms. The Balaban J connectivity index is 1.55. The molecule has 0 unspecified atom stereocenters. The van der Waals surface area contributed by atoms with Crippen molar-refractivity contribution in [1.82, 2.24) is 4.98 Å². The van der Waals surface area contributed by atoms with Gasteiger partial charge in [0.2, 0.25) is 12.7 Å². The Morgan fingerprint density at radius 3 is 2.88 bits per heavy atom. The zero-order valence-corrected chi connectivity index (χ0v) is 15.7. The fourth-order valence-corrected chi connectivity index (χ4v) is 2.91. The maximum atomic E-state index is 11.0. The van der Waals surface area contributed by atoms with Gasteiger partial charge < -0.3 is 23.7 Å². The van der Waals surface area contributed by atoms with Crippen molar-refractivity contribution >= 4 is 17.7 Å². The summed E-state index contributed by atoms with van der Waals surface area (Å²) in [4.78, 5) is 15.6. The number of aliphatic carboxylic acids is 1. The van der Waals surface area contributed by atoms with Gasteiger partial charge in [0.1, 0.15) is 10.5 Å². The van der Waals surface area contributed by atoms with E-state index in [2.05, 4.69) is 4.98 Å². The van der Waals surface area contributed by atoms with Crippen LogP contribution < -0.4 is 9.47 Å². The van der Waals surface area contributed by atoms with Crippen LogP contribution >= 0.6 is 11.8 Å². The summed E-state index contributed by atoms with van der Waals surface area (Å²) < 4.78 is 21.1. The lowest BCUT2D eigenvalue weighted by Crippen LogP contribution is -2.28. The van der Waals surface area contributed by atoms with Gasteiger partial charge in [0.05, 0.1) is 18.2 Å². The predicted molar refractivity (Wildman–Crippen MR) is 96.6 cm³/mol. The zero-order valence-electron chi connectivity index (χ0n) is 14.9. The van der Waals surface area contributed by atoms with E-state index in [0.29, 0.717) is 36.4 Å². The number of fused-ring (bicyclic) bond motifs is 1. The van der Waals surface area contributed by atoms with E-state index in [0.717, 1.165) is 17.0 Å². The summed E-state index contributed by atoms with van der Waals surface area (Å²) in [7, 11) is 0. The Hall–Kier alpha value is -2.19. The summed E-state index contributed by atoms with van der Waals surface area (Å²) in [6, 6.07) is 5.56. The van der Waals surface area contributed by atoms with Crippen LogP contribution in [0.3, 0.4) is 0 Å². The molecule has 8 heteroatoms. The van der Waals surface area contributed by atoms with Gasteiger partial charge in [-0.2, -0.15) is 0 Å². The lowest BCUT2D eigenvalue weighted by Gasteiger charge is -2.17. The first kappa shape index (κ1) is 18.6. The first-order chi connectivity index (χ1) is 12.4. The monoisotopic (exact) mass is 379 g/mol. The van der Waals surface area contributed by atoms with Crippen LogP contribution in [0.2, 0.25) is 0 Å². The highest BCUT2D eigenvalue weighted by Crippen LogP contribution is 2.36. The molecule has 7 nitrogen and oxygen atoms in total. The molecule has 1 aliphatic rings. The van der Waals surface area contributed by atoms with Crippen molar-refractivity contribution in [3.63, 3.8) is 0 Å². The molecule has 0 saturated carbocycles. The summed E-state index contributed by atoms with van der Waals surface area (Å²) >= 11 is 1.25. The number of benzene rings is 1. The molecule has 0 amide bonds. The number of aromatic nitrogens is 1. The Labute approximate surface area is 155 Å². The molecule has 1 aromatic heterocycles. The molecule has 1 aromatic carbocycles. The van der Waals surface area contributed by atoms with Gasteiger partial charge in [0, 0.05) is 12.0 Å². The van der Waals surface area contributed by atoms with E-state index < -0.39 is 10.7 Å². The molecular formula is C18H21NO6S. The highest BCUT2D eigenvalue weighted by Gasteiger charge is 2.27. The summed E-state index contributed by atoms with van der Waals surface area (Å²) in [5.74, 6) is 2.11. The summed E-state index contributed by atoms with van der Waals surface area (Å²) in [6.45, 7) is 5.84. The van der Waals surface area contributed by atoms with Gasteiger partial charge in [-0.1, -0.05) is 0 Å². The van der Waals surface area contributed by atoms with E-state index in [1.54, 1.807) is 13.8 Å². The molecule has 0 fully saturated rings. The van der Waals surface area contributed by atoms with Crippen molar-refractivity contribution < 1.29 is 28.5 Å². The van der Waals surface area contributed by atoms with Crippen LogP contribution in [0, 0.1) is 6.92 Å². The van der Waals surface area contributed by atoms with E-state index in [1.807, 2.05) is 25.1 Å². The third-order valence-electron chi connectivity index (χ3n) is 4.01. The Bertz CT molecular complexity index is 801. The maximum absolute atomic E-state index is 11.0. The van der Waals surface area contributed by atoms with E-state index in [9.17, 15) is 4.79 Å². The van der Waals surface area contributed by atoms with Gasteiger partial charge in [-0.05, 0) is 39.0 Å². The topological polar surface area (TPSA) is 91.0 Å². The van der Waals surface area contributed by atoms with Gasteiger partial charge in [0.25, 0.3) is 0 Å². The lowest BCUT2D eigenvalue weighted by atomic mass is 10.2. The average molecular weight is 379 g/mol. The molecular weight excluding hydrogens is 358 g/mol. The summed E-state index contributed by atoms with van der Waals surface area (Å²) in [5.41, 5.74) is 1.64. The molecule has 2 aromatic rings. The molecule has 3 rings (SSSR count). The van der Waals surface area contributed by atoms with E-state index in [1.165, 1.54) is 11.8 Å². The zero-order chi connectivity index (χ0) is 18.7. The van der Waals surface area contributed by atoms with Crippen LogP contribution in [0.4, 0.5) is 0 Å². The number of nitrogens with zero attached hydrogens (tertiary/aromatic N) is 1. The number of ether oxygens (including phenoxy) is 3. The molecule has 0 bridgehead atoms. The fraction of sp³-hybridized carbons (Fsp3) is 0.444. The first-order valence-electron chi connectivity index (χ1n) is 8.18. The minimum atomic E-state index is -0.865. The SMILES string of the molecule is Cc1oc(-c2ccc3c(c2)OCO3)nc1CCOCSC(C)(C)C(=O)O. The fourth-order valence-electron chi connectivity index (χ4n) is 2.29. The van der Waals surface area contributed by atoms with Crippen molar-refractivity contribution in [2.75, 3.05) is 19.3 Å². The molecule has 0 atom stereocenters. The van der Waals surface area contributed by atoms with Gasteiger partial charge >= 0.3 is 5.97 Å². The molecule has 0 aliphatic carbocycles. The predicted octanol–water partition coefficient (Wildman–Crippen LogP) is 3.49. The highest BCUT2D eigenvalue weighted by molar-refractivity contribution is 8.01. The third kappa shape index (κ3) is 4.13. The second kappa shape index (κ2) is 7.59. The van der Waals surface area contributed by atoms with E-state index in [4.69, 9.17) is 23.7 Å². The molecule has 0 radical (unpaired) electrons. The van der Waals surface area contributed by atoms with Gasteiger partial charge in [-0.3, -0.25) is 4.79 Å². The number of carboxylic acid groups (broad SMARTS) is 1. The summed E-state index contributed by atoms with van der Waals surface area (Å²) in [6.07, 6.45) is 0.591. The number of carboxylic acids is 1. The largest absolute Gasteiger partial charge is 0.480 e. The number of hydrogen-bond acceptors (Lipinski definition) is 7. The molecule has 1 N–H and O–H groups in total. The van der Waals surface area contributed by atoms with Crippen molar-refractivity contribution in [2.45, 2.75) is 31.9 Å². The smallest absolute Gasteiger partial charge is 0.319 e. The van der Waals surface area contributed by atoms with Crippen molar-refractivity contribution in [2.24, 2.45) is 0 Å². The molecule has 2 heterocycles. The van der Waals surface area contributed by atoms with Crippen molar-refractivity contribution in [3.05, 3.63) is 29.7 Å². The molecule has 1 aliphatic heterocycles. The van der Waals surface area contributed by atoms with Crippen molar-refractivity contribution in [3.8, 4) is 23.0 Å². The first-order valence-corrected chi connectivity index (χ1v) is 9.17. The van der Waals surface area contributed by atoms with Crippen LogP contribution in [0.15, 0.2) is 22.6 Å². The number of hydrogen-bond donors (Lipinski definition) is 1. The van der Waals surface area contributed by atoms with Crippen LogP contribution in [0.25, 0.3) is 11.5 Å².